The van der Waals surface area contributed by atoms with E-state index in [0.717, 1.165) is 0 Å². The number of ether oxygens (including phenoxy) is 1. The van der Waals surface area contributed by atoms with Crippen LogP contribution in [0.3, 0.4) is 0 Å². The van der Waals surface area contributed by atoms with Gasteiger partial charge in [-0.1, -0.05) is 0 Å². The Morgan fingerprint density at radius 1 is 1.33 bits per heavy atom. The first kappa shape index (κ1) is 15.7. The Morgan fingerprint density at radius 2 is 2.00 bits per heavy atom. The second kappa shape index (κ2) is 5.11. The second-order valence-electron chi connectivity index (χ2n) is 6.84. The average Bonchev–Trinajstić information content (AvgIpc) is 3.21. The van der Waals surface area contributed by atoms with Crippen molar-refractivity contribution in [3.05, 3.63) is 18.5 Å². The molecule has 1 saturated carbocycles. The lowest BCUT2D eigenvalue weighted by Crippen LogP contribution is -2.70. The van der Waals surface area contributed by atoms with Crippen LogP contribution in [0.1, 0.15) is 19.3 Å². The van der Waals surface area contributed by atoms with Crippen LogP contribution in [-0.2, 0) is 14.6 Å². The minimum atomic E-state index is -3.33. The van der Waals surface area contributed by atoms with Gasteiger partial charge < -0.3 is 9.64 Å². The number of amides is 1. The van der Waals surface area contributed by atoms with Gasteiger partial charge in [0.15, 0.2) is 15.5 Å². The van der Waals surface area contributed by atoms with Crippen LogP contribution in [0.15, 0.2) is 18.5 Å². The van der Waals surface area contributed by atoms with Crippen molar-refractivity contribution in [3.63, 3.8) is 0 Å². The summed E-state index contributed by atoms with van der Waals surface area (Å²) < 4.78 is 43.4. The maximum Gasteiger partial charge on any atom is 0.316 e. The van der Waals surface area contributed by atoms with Crippen molar-refractivity contribution in [2.45, 2.75) is 29.7 Å². The predicted octanol–water partition coefficient (Wildman–Crippen LogP) is 0.373. The highest BCUT2D eigenvalue weighted by Gasteiger charge is 2.65. The topological polar surface area (TPSA) is 89.5 Å². The van der Waals surface area contributed by atoms with Crippen LogP contribution in [-0.4, -0.2) is 65.1 Å². The third-order valence-electron chi connectivity index (χ3n) is 5.33. The number of carbonyl (C=O) groups is 1. The zero-order chi connectivity index (χ0) is 17.0. The van der Waals surface area contributed by atoms with E-state index in [9.17, 15) is 17.6 Å². The molecule has 24 heavy (non-hydrogen) atoms. The highest BCUT2D eigenvalue weighted by atomic mass is 32.2. The van der Waals surface area contributed by atoms with Gasteiger partial charge in [0, 0.05) is 31.4 Å². The number of likely N-dealkylation sites (tertiary alicyclic amines) is 1. The van der Waals surface area contributed by atoms with E-state index in [1.807, 2.05) is 0 Å². The van der Waals surface area contributed by atoms with Crippen molar-refractivity contribution >= 4 is 15.7 Å². The van der Waals surface area contributed by atoms with Crippen LogP contribution in [0, 0.1) is 5.92 Å². The van der Waals surface area contributed by atoms with Gasteiger partial charge in [-0.3, -0.25) is 4.79 Å². The summed E-state index contributed by atoms with van der Waals surface area (Å²) in [6.07, 6.45) is 4.03. The lowest BCUT2D eigenvalue weighted by molar-refractivity contribution is -0.144. The van der Waals surface area contributed by atoms with Gasteiger partial charge in [0.1, 0.15) is 4.75 Å². The minimum Gasteiger partial charge on any atom is -0.463 e. The molecule has 0 aromatic carbocycles. The third-order valence-corrected chi connectivity index (χ3v) is 7.93. The quantitative estimate of drug-likeness (QED) is 0.775. The summed E-state index contributed by atoms with van der Waals surface area (Å²) in [6, 6.07) is 1.86. The molecule has 0 bridgehead atoms. The first-order valence-corrected chi connectivity index (χ1v) is 9.62. The van der Waals surface area contributed by atoms with Crippen molar-refractivity contribution < 1.29 is 22.3 Å². The maximum atomic E-state index is 13.9. The Bertz CT molecular complexity index is 760. The first-order valence-electron chi connectivity index (χ1n) is 7.97. The SMILES string of the molecule is O=C(N1CC2(C1)[C@@H](COc1ncccn1)CCS2(=O)=O)C1(F)CC1. The number of aromatic nitrogens is 2. The highest BCUT2D eigenvalue weighted by Crippen LogP contribution is 2.48. The Labute approximate surface area is 139 Å². The number of halogens is 1. The van der Waals surface area contributed by atoms with E-state index in [2.05, 4.69) is 9.97 Å². The molecule has 0 radical (unpaired) electrons. The molecule has 3 fully saturated rings. The fraction of sp³-hybridized carbons (Fsp3) is 0.667. The van der Waals surface area contributed by atoms with Gasteiger partial charge in [-0.05, 0) is 25.3 Å². The summed E-state index contributed by atoms with van der Waals surface area (Å²) in [5, 5.41) is 0. The number of rotatable bonds is 4. The zero-order valence-electron chi connectivity index (χ0n) is 13.0. The molecule has 7 nitrogen and oxygen atoms in total. The molecule has 0 N–H and O–H groups in total. The van der Waals surface area contributed by atoms with E-state index >= 15 is 0 Å². The normalized spacial score (nSPS) is 28.4. The number of nitrogens with zero attached hydrogens (tertiary/aromatic N) is 3. The molecular formula is C15H18FN3O4S. The van der Waals surface area contributed by atoms with Gasteiger partial charge in [-0.2, -0.15) is 0 Å². The van der Waals surface area contributed by atoms with E-state index < -0.39 is 26.2 Å². The highest BCUT2D eigenvalue weighted by molar-refractivity contribution is 7.93. The smallest absolute Gasteiger partial charge is 0.316 e. The molecule has 3 aliphatic rings. The summed E-state index contributed by atoms with van der Waals surface area (Å²) in [7, 11) is -3.33. The van der Waals surface area contributed by atoms with E-state index in [-0.39, 0.29) is 50.2 Å². The van der Waals surface area contributed by atoms with E-state index in [0.29, 0.717) is 6.42 Å². The molecule has 1 amide bonds. The Morgan fingerprint density at radius 3 is 2.62 bits per heavy atom. The summed E-state index contributed by atoms with van der Waals surface area (Å²) in [5.74, 6) is -0.745. The van der Waals surface area contributed by atoms with Crippen molar-refractivity contribution in [2.75, 3.05) is 25.4 Å². The van der Waals surface area contributed by atoms with Crippen LogP contribution in [0.4, 0.5) is 4.39 Å². The maximum absolute atomic E-state index is 13.9. The zero-order valence-corrected chi connectivity index (χ0v) is 13.8. The van der Waals surface area contributed by atoms with Crippen LogP contribution >= 0.6 is 0 Å². The molecule has 0 unspecified atom stereocenters. The van der Waals surface area contributed by atoms with E-state index in [1.165, 1.54) is 4.90 Å². The molecule has 1 spiro atoms. The number of hydrogen-bond acceptors (Lipinski definition) is 6. The molecule has 9 heteroatoms. The van der Waals surface area contributed by atoms with Crippen molar-refractivity contribution in [3.8, 4) is 6.01 Å². The largest absolute Gasteiger partial charge is 0.463 e. The lowest BCUT2D eigenvalue weighted by atomic mass is 9.83. The number of alkyl halides is 1. The number of carbonyl (C=O) groups excluding carboxylic acids is 1. The van der Waals surface area contributed by atoms with Crippen LogP contribution < -0.4 is 4.74 Å². The predicted molar refractivity (Wildman–Crippen MR) is 81.8 cm³/mol. The molecule has 2 aliphatic heterocycles. The van der Waals surface area contributed by atoms with Gasteiger partial charge in [-0.25, -0.2) is 22.8 Å². The Kier molecular flexibility index (Phi) is 3.35. The van der Waals surface area contributed by atoms with Gasteiger partial charge in [0.05, 0.1) is 12.4 Å². The Balaban J connectivity index is 1.46. The molecule has 4 rings (SSSR count). The molecule has 1 aromatic heterocycles. The monoisotopic (exact) mass is 355 g/mol. The molecule has 1 atom stereocenters. The van der Waals surface area contributed by atoms with Crippen molar-refractivity contribution in [1.29, 1.82) is 0 Å². The summed E-state index contributed by atoms with van der Waals surface area (Å²) >= 11 is 0. The molecule has 3 heterocycles. The fourth-order valence-electron chi connectivity index (χ4n) is 3.59. The van der Waals surface area contributed by atoms with Crippen molar-refractivity contribution in [1.82, 2.24) is 14.9 Å². The van der Waals surface area contributed by atoms with Gasteiger partial charge in [0.2, 0.25) is 0 Å². The van der Waals surface area contributed by atoms with Gasteiger partial charge in [0.25, 0.3) is 5.91 Å². The summed E-state index contributed by atoms with van der Waals surface area (Å²) in [6.45, 7) is 0.291. The third kappa shape index (κ3) is 2.28. The standard InChI is InChI=1S/C15H18FN3O4S/c16-14(3-4-14)12(20)19-9-15(10-19)11(2-7-24(15,21)22)8-23-13-17-5-1-6-18-13/h1,5-6,11H,2-4,7-10H2/t11-/m1/s1. The van der Waals surface area contributed by atoms with Gasteiger partial charge in [-0.15, -0.1) is 0 Å². The van der Waals surface area contributed by atoms with E-state index in [4.69, 9.17) is 4.74 Å². The molecule has 130 valence electrons. The second-order valence-corrected chi connectivity index (χ2v) is 9.29. The minimum absolute atomic E-state index is 0.0590. The lowest BCUT2D eigenvalue weighted by Gasteiger charge is -2.50. The van der Waals surface area contributed by atoms with Crippen LogP contribution in [0.2, 0.25) is 0 Å². The number of sulfone groups is 1. The molecular weight excluding hydrogens is 337 g/mol. The van der Waals surface area contributed by atoms with Gasteiger partial charge >= 0.3 is 6.01 Å². The first-order chi connectivity index (χ1) is 11.4. The molecule has 1 aromatic rings. The van der Waals surface area contributed by atoms with Crippen molar-refractivity contribution in [2.24, 2.45) is 5.92 Å². The number of hydrogen-bond donors (Lipinski definition) is 0. The molecule has 1 aliphatic carbocycles. The average molecular weight is 355 g/mol. The summed E-state index contributed by atoms with van der Waals surface area (Å²) in [5.41, 5.74) is -1.76. The van der Waals surface area contributed by atoms with Crippen LogP contribution in [0.25, 0.3) is 0 Å². The van der Waals surface area contributed by atoms with E-state index in [1.54, 1.807) is 18.5 Å². The Hall–Kier alpha value is -1.77. The fourth-order valence-corrected chi connectivity index (χ4v) is 5.99. The summed E-state index contributed by atoms with van der Waals surface area (Å²) in [4.78, 5) is 21.3. The van der Waals surface area contributed by atoms with Crippen LogP contribution in [0.5, 0.6) is 6.01 Å². The molecule has 2 saturated heterocycles.